The average molecular weight is 304 g/mol. The summed E-state index contributed by atoms with van der Waals surface area (Å²) in [6.07, 6.45) is 0. The van der Waals surface area contributed by atoms with Gasteiger partial charge in [0.15, 0.2) is 11.5 Å². The van der Waals surface area contributed by atoms with Gasteiger partial charge < -0.3 is 24.4 Å². The van der Waals surface area contributed by atoms with E-state index in [4.69, 9.17) is 14.2 Å². The summed E-state index contributed by atoms with van der Waals surface area (Å²) in [4.78, 5) is 25.6. The van der Waals surface area contributed by atoms with E-state index in [1.165, 1.54) is 12.0 Å². The number of urea groups is 1. The maximum atomic E-state index is 12.1. The van der Waals surface area contributed by atoms with Gasteiger partial charge in [-0.25, -0.2) is 9.59 Å². The first kappa shape index (κ1) is 14.2. The van der Waals surface area contributed by atoms with E-state index in [2.05, 4.69) is 5.32 Å². The Kier molecular flexibility index (Phi) is 3.40. The fourth-order valence-electron chi connectivity index (χ4n) is 2.55. The molecule has 2 aliphatic rings. The van der Waals surface area contributed by atoms with E-state index in [-0.39, 0.29) is 12.8 Å². The average Bonchev–Trinajstić information content (AvgIpc) is 2.99. The first-order chi connectivity index (χ1) is 10.5. The molecule has 22 heavy (non-hydrogen) atoms. The summed E-state index contributed by atoms with van der Waals surface area (Å²) < 4.78 is 15.5. The van der Waals surface area contributed by atoms with E-state index in [1.807, 2.05) is 0 Å². The highest BCUT2D eigenvalue weighted by atomic mass is 16.7. The number of ether oxygens (including phenoxy) is 3. The van der Waals surface area contributed by atoms with Gasteiger partial charge in [0.1, 0.15) is 0 Å². The molecule has 0 saturated heterocycles. The fourth-order valence-corrected chi connectivity index (χ4v) is 2.55. The summed E-state index contributed by atoms with van der Waals surface area (Å²) in [6, 6.07) is 4.43. The van der Waals surface area contributed by atoms with Crippen molar-refractivity contribution in [2.75, 3.05) is 21.0 Å². The van der Waals surface area contributed by atoms with Crippen LogP contribution in [0.25, 0.3) is 0 Å². The molecule has 3 rings (SSSR count). The summed E-state index contributed by atoms with van der Waals surface area (Å²) in [5.74, 6) is 0.753. The molecule has 1 atom stereocenters. The van der Waals surface area contributed by atoms with Crippen LogP contribution in [-0.2, 0) is 9.53 Å². The molecule has 0 spiro atoms. The van der Waals surface area contributed by atoms with Crippen molar-refractivity contribution < 1.29 is 23.8 Å². The van der Waals surface area contributed by atoms with Crippen LogP contribution in [0, 0.1) is 0 Å². The number of carbonyl (C=O) groups excluding carboxylic acids is 2. The van der Waals surface area contributed by atoms with Crippen LogP contribution in [-0.4, -0.2) is 37.9 Å². The van der Waals surface area contributed by atoms with Gasteiger partial charge in [0.25, 0.3) is 0 Å². The zero-order chi connectivity index (χ0) is 15.9. The Balaban J connectivity index is 2.07. The highest BCUT2D eigenvalue weighted by molar-refractivity contribution is 5.94. The van der Waals surface area contributed by atoms with Gasteiger partial charge in [-0.1, -0.05) is 6.07 Å². The Morgan fingerprint density at radius 1 is 1.36 bits per heavy atom. The number of benzene rings is 1. The van der Waals surface area contributed by atoms with Crippen LogP contribution in [0.3, 0.4) is 0 Å². The lowest BCUT2D eigenvalue weighted by Gasteiger charge is -2.33. The highest BCUT2D eigenvalue weighted by Crippen LogP contribution is 2.37. The van der Waals surface area contributed by atoms with Crippen LogP contribution in [0.15, 0.2) is 29.5 Å². The minimum absolute atomic E-state index is 0.164. The Morgan fingerprint density at radius 3 is 2.82 bits per heavy atom. The molecule has 0 aromatic heterocycles. The summed E-state index contributed by atoms with van der Waals surface area (Å²) in [6.45, 7) is 1.88. The molecule has 2 amide bonds. The van der Waals surface area contributed by atoms with E-state index in [0.717, 1.165) is 5.56 Å². The minimum Gasteiger partial charge on any atom is -0.466 e. The zero-order valence-electron chi connectivity index (χ0n) is 12.5. The first-order valence-corrected chi connectivity index (χ1v) is 6.75. The maximum Gasteiger partial charge on any atom is 0.337 e. The van der Waals surface area contributed by atoms with Gasteiger partial charge in [0, 0.05) is 12.7 Å². The van der Waals surface area contributed by atoms with E-state index in [1.54, 1.807) is 32.2 Å². The Hall–Kier alpha value is -2.70. The van der Waals surface area contributed by atoms with Gasteiger partial charge in [-0.2, -0.15) is 0 Å². The lowest BCUT2D eigenvalue weighted by Crippen LogP contribution is -2.46. The van der Waals surface area contributed by atoms with Crippen molar-refractivity contribution in [3.8, 4) is 11.5 Å². The third kappa shape index (κ3) is 2.14. The van der Waals surface area contributed by atoms with Crippen LogP contribution in [0.2, 0.25) is 0 Å². The molecule has 0 fully saturated rings. The first-order valence-electron chi connectivity index (χ1n) is 6.75. The molecule has 0 bridgehead atoms. The summed E-state index contributed by atoms with van der Waals surface area (Å²) in [7, 11) is 2.92. The van der Waals surface area contributed by atoms with Gasteiger partial charge in [0.2, 0.25) is 6.79 Å². The third-order valence-electron chi connectivity index (χ3n) is 3.89. The van der Waals surface area contributed by atoms with Gasteiger partial charge in [-0.05, 0) is 24.6 Å². The standard InChI is InChI=1S/C15H16N2O5/c1-8-12(14(18)20-3)13(16-15(19)17(8)2)9-4-5-10-11(6-9)22-7-21-10/h4-6,13H,7H2,1-3H3,(H,16,19)/t13-/m1/s1. The fraction of sp³-hybridized carbons (Fsp3) is 0.333. The van der Waals surface area contributed by atoms with Crippen LogP contribution in [0.1, 0.15) is 18.5 Å². The molecule has 7 nitrogen and oxygen atoms in total. The van der Waals surface area contributed by atoms with Crippen molar-refractivity contribution in [2.24, 2.45) is 0 Å². The molecule has 1 aromatic rings. The summed E-state index contributed by atoms with van der Waals surface area (Å²) in [5, 5.41) is 2.80. The zero-order valence-corrected chi connectivity index (χ0v) is 12.5. The largest absolute Gasteiger partial charge is 0.466 e. The van der Waals surface area contributed by atoms with E-state index < -0.39 is 12.0 Å². The van der Waals surface area contributed by atoms with Gasteiger partial charge in [0.05, 0.1) is 18.7 Å². The molecule has 2 aliphatic heterocycles. The number of rotatable bonds is 2. The predicted octanol–water partition coefficient (Wildman–Crippen LogP) is 1.56. The number of nitrogens with zero attached hydrogens (tertiary/aromatic N) is 1. The van der Waals surface area contributed by atoms with Crippen molar-refractivity contribution in [3.63, 3.8) is 0 Å². The summed E-state index contributed by atoms with van der Waals surface area (Å²) in [5.41, 5.74) is 1.67. The molecule has 7 heteroatoms. The monoisotopic (exact) mass is 304 g/mol. The molecule has 0 radical (unpaired) electrons. The van der Waals surface area contributed by atoms with Gasteiger partial charge in [-0.3, -0.25) is 0 Å². The molecule has 0 unspecified atom stereocenters. The Morgan fingerprint density at radius 2 is 2.09 bits per heavy atom. The number of hydrogen-bond donors (Lipinski definition) is 1. The van der Waals surface area contributed by atoms with Crippen LogP contribution in [0.4, 0.5) is 4.79 Å². The molecular formula is C15H16N2O5. The van der Waals surface area contributed by atoms with Gasteiger partial charge in [-0.15, -0.1) is 0 Å². The second-order valence-electron chi connectivity index (χ2n) is 5.04. The van der Waals surface area contributed by atoms with Crippen LogP contribution in [0.5, 0.6) is 11.5 Å². The molecule has 0 saturated carbocycles. The lowest BCUT2D eigenvalue weighted by molar-refractivity contribution is -0.136. The minimum atomic E-state index is -0.592. The predicted molar refractivity (Wildman–Crippen MR) is 76.3 cm³/mol. The third-order valence-corrected chi connectivity index (χ3v) is 3.89. The lowest BCUT2D eigenvalue weighted by atomic mass is 9.95. The number of esters is 1. The molecule has 2 heterocycles. The van der Waals surface area contributed by atoms with Crippen molar-refractivity contribution in [1.82, 2.24) is 10.2 Å². The number of allylic oxidation sites excluding steroid dienone is 1. The van der Waals surface area contributed by atoms with E-state index in [9.17, 15) is 9.59 Å². The number of carbonyl (C=O) groups is 2. The Labute approximate surface area is 127 Å². The molecule has 116 valence electrons. The molecule has 0 aliphatic carbocycles. The molecule has 1 aromatic carbocycles. The molecule has 1 N–H and O–H groups in total. The number of fused-ring (bicyclic) bond motifs is 1. The highest BCUT2D eigenvalue weighted by Gasteiger charge is 2.35. The second kappa shape index (κ2) is 5.25. The SMILES string of the molecule is COC(=O)C1=C(C)N(C)C(=O)N[C@@H]1c1ccc2c(c1)OCO2. The topological polar surface area (TPSA) is 77.1 Å². The number of methoxy groups -OCH3 is 1. The van der Waals surface area contributed by atoms with Crippen molar-refractivity contribution in [3.05, 3.63) is 35.0 Å². The normalized spacial score (nSPS) is 20.0. The number of hydrogen-bond acceptors (Lipinski definition) is 5. The van der Waals surface area contributed by atoms with E-state index in [0.29, 0.717) is 22.8 Å². The smallest absolute Gasteiger partial charge is 0.337 e. The van der Waals surface area contributed by atoms with Crippen molar-refractivity contribution in [1.29, 1.82) is 0 Å². The quantitative estimate of drug-likeness (QED) is 0.839. The van der Waals surface area contributed by atoms with Crippen molar-refractivity contribution in [2.45, 2.75) is 13.0 Å². The summed E-state index contributed by atoms with van der Waals surface area (Å²) >= 11 is 0. The second-order valence-corrected chi connectivity index (χ2v) is 5.04. The van der Waals surface area contributed by atoms with Crippen LogP contribution < -0.4 is 14.8 Å². The molecular weight excluding hydrogens is 288 g/mol. The number of amides is 2. The van der Waals surface area contributed by atoms with Gasteiger partial charge >= 0.3 is 12.0 Å². The maximum absolute atomic E-state index is 12.1. The van der Waals surface area contributed by atoms with Crippen molar-refractivity contribution >= 4 is 12.0 Å². The van der Waals surface area contributed by atoms with E-state index >= 15 is 0 Å². The number of nitrogens with one attached hydrogen (secondary N) is 1. The Bertz CT molecular complexity index is 683. The van der Waals surface area contributed by atoms with Crippen LogP contribution >= 0.6 is 0 Å².